The van der Waals surface area contributed by atoms with Crippen LogP contribution in [0.4, 0.5) is 4.39 Å². The van der Waals surface area contributed by atoms with E-state index in [4.69, 9.17) is 16.3 Å². The third kappa shape index (κ3) is 3.18. The molecule has 0 bridgehead atoms. The normalized spacial score (nSPS) is 20.4. The molecule has 24 heavy (non-hydrogen) atoms. The monoisotopic (exact) mass is 368 g/mol. The molecular weight excluding hydrogens is 353 g/mol. The van der Waals surface area contributed by atoms with Crippen molar-refractivity contribution in [2.45, 2.75) is 13.0 Å². The molecule has 8 heteroatoms. The van der Waals surface area contributed by atoms with E-state index in [9.17, 15) is 9.18 Å². The van der Waals surface area contributed by atoms with E-state index < -0.39 is 17.8 Å². The summed E-state index contributed by atoms with van der Waals surface area (Å²) >= 11 is 7.85. The number of halogens is 2. The van der Waals surface area contributed by atoms with Crippen molar-refractivity contribution in [1.82, 2.24) is 5.32 Å². The van der Waals surface area contributed by atoms with Crippen molar-refractivity contribution in [2.75, 3.05) is 19.4 Å². The average Bonchev–Trinajstić information content (AvgIpc) is 3.08. The number of allylic oxidation sites excluding steroid dienone is 1. The number of nitrogens with zero attached hydrogens (tertiary/aromatic N) is 1. The summed E-state index contributed by atoms with van der Waals surface area (Å²) in [4.78, 5) is 20.1. The van der Waals surface area contributed by atoms with Gasteiger partial charge in [-0.2, -0.15) is 0 Å². The van der Waals surface area contributed by atoms with Gasteiger partial charge in [0, 0.05) is 16.3 Å². The summed E-state index contributed by atoms with van der Waals surface area (Å²) in [6.45, 7) is 2.64. The zero-order chi connectivity index (χ0) is 17.3. The largest absolute Gasteiger partial charge is 0.466 e. The smallest absolute Gasteiger partial charge is 0.338 e. The van der Waals surface area contributed by atoms with Gasteiger partial charge in [-0.15, -0.1) is 0 Å². The topological polar surface area (TPSA) is 64.7 Å². The maximum absolute atomic E-state index is 13.4. The predicted molar refractivity (Wildman–Crippen MR) is 92.7 cm³/mol. The standard InChI is InChI=1S/C16H15ClFN3O2S/c1-8-12(16(22)23-2)13(10-4-3-9(18)7-11(10)17)21-14(20-8)15-19-5-6-24-15/h3-4,7,13H,5-6H2,1-2H3,(H,20,21)/p+1. The van der Waals surface area contributed by atoms with Crippen LogP contribution in [0.5, 0.6) is 0 Å². The van der Waals surface area contributed by atoms with Crippen LogP contribution >= 0.6 is 23.4 Å². The van der Waals surface area contributed by atoms with Gasteiger partial charge in [-0.25, -0.2) is 19.2 Å². The molecule has 0 radical (unpaired) electrons. The Morgan fingerprint density at radius 1 is 1.54 bits per heavy atom. The van der Waals surface area contributed by atoms with Gasteiger partial charge in [0.15, 0.2) is 6.54 Å². The lowest BCUT2D eigenvalue weighted by atomic mass is 9.96. The molecule has 0 aliphatic carbocycles. The Morgan fingerprint density at radius 2 is 2.33 bits per heavy atom. The molecule has 3 rings (SSSR count). The number of methoxy groups -OCH3 is 1. The van der Waals surface area contributed by atoms with Crippen molar-refractivity contribution < 1.29 is 18.9 Å². The van der Waals surface area contributed by atoms with Crippen LogP contribution in [0.2, 0.25) is 5.02 Å². The molecule has 1 aromatic rings. The quantitative estimate of drug-likeness (QED) is 0.787. The summed E-state index contributed by atoms with van der Waals surface area (Å²) in [6.07, 6.45) is 0. The number of carbonyl (C=O) groups is 1. The number of amidine groups is 1. The second-order valence-corrected chi connectivity index (χ2v) is 6.82. The van der Waals surface area contributed by atoms with Crippen LogP contribution in [0.1, 0.15) is 18.5 Å². The summed E-state index contributed by atoms with van der Waals surface area (Å²) in [5.74, 6) is 0.660. The van der Waals surface area contributed by atoms with Crippen LogP contribution in [0.3, 0.4) is 0 Å². The Balaban J connectivity index is 2.10. The molecule has 0 spiro atoms. The molecule has 2 aliphatic heterocycles. The number of thioether (sulfide) groups is 1. The molecule has 126 valence electrons. The summed E-state index contributed by atoms with van der Waals surface area (Å²) in [5, 5.41) is 4.28. The average molecular weight is 369 g/mol. The number of hydrogen-bond donors (Lipinski definition) is 2. The number of esters is 1. The van der Waals surface area contributed by atoms with Crippen molar-refractivity contribution in [2.24, 2.45) is 4.99 Å². The molecule has 2 aliphatic rings. The third-order valence-corrected chi connectivity index (χ3v) is 5.11. The highest BCUT2D eigenvalue weighted by Crippen LogP contribution is 2.36. The van der Waals surface area contributed by atoms with Crippen LogP contribution in [-0.4, -0.2) is 36.3 Å². The molecule has 5 nitrogen and oxygen atoms in total. The predicted octanol–water partition coefficient (Wildman–Crippen LogP) is 1.19. The summed E-state index contributed by atoms with van der Waals surface area (Å²) in [7, 11) is 1.31. The number of hydrogen-bond acceptors (Lipinski definition) is 5. The highest BCUT2D eigenvalue weighted by atomic mass is 35.5. The number of benzene rings is 1. The lowest BCUT2D eigenvalue weighted by Gasteiger charge is -2.25. The fraction of sp³-hybridized carbons (Fsp3) is 0.312. The van der Waals surface area contributed by atoms with Gasteiger partial charge in [-0.05, 0) is 30.8 Å². The van der Waals surface area contributed by atoms with E-state index in [1.807, 2.05) is 0 Å². The number of rotatable bonds is 3. The SMILES string of the molecule is COC(=O)C1=C(C)NC(C2=[NH+]CCS2)=NC1c1ccc(F)cc1Cl. The van der Waals surface area contributed by atoms with Gasteiger partial charge in [-0.3, -0.25) is 0 Å². The molecule has 0 aromatic heterocycles. The summed E-state index contributed by atoms with van der Waals surface area (Å²) < 4.78 is 18.3. The number of ether oxygens (including phenoxy) is 1. The highest BCUT2D eigenvalue weighted by molar-refractivity contribution is 8.15. The Labute approximate surface area is 148 Å². The first-order valence-corrected chi connectivity index (χ1v) is 8.70. The molecule has 1 atom stereocenters. The first-order chi connectivity index (χ1) is 11.5. The van der Waals surface area contributed by atoms with Crippen LogP contribution in [-0.2, 0) is 9.53 Å². The Hall–Kier alpha value is -1.86. The Kier molecular flexibility index (Phi) is 4.91. The van der Waals surface area contributed by atoms with Crippen molar-refractivity contribution in [3.05, 3.63) is 45.9 Å². The minimum Gasteiger partial charge on any atom is -0.466 e. The molecule has 0 saturated heterocycles. The van der Waals surface area contributed by atoms with E-state index in [1.165, 1.54) is 19.2 Å². The molecule has 0 saturated carbocycles. The molecular formula is C16H16ClFN3O2S+. The fourth-order valence-electron chi connectivity index (χ4n) is 2.64. The molecule has 2 heterocycles. The van der Waals surface area contributed by atoms with Crippen molar-refractivity contribution >= 4 is 40.2 Å². The lowest BCUT2D eigenvalue weighted by molar-refractivity contribution is -0.442. The molecule has 1 aromatic carbocycles. The Bertz CT molecular complexity index is 792. The zero-order valence-electron chi connectivity index (χ0n) is 13.2. The summed E-state index contributed by atoms with van der Waals surface area (Å²) in [6, 6.07) is 3.41. The van der Waals surface area contributed by atoms with Gasteiger partial charge in [0.05, 0.1) is 18.4 Å². The van der Waals surface area contributed by atoms with E-state index in [2.05, 4.69) is 15.3 Å². The van der Waals surface area contributed by atoms with E-state index in [1.54, 1.807) is 24.8 Å². The van der Waals surface area contributed by atoms with Gasteiger partial charge < -0.3 is 10.1 Å². The molecule has 0 amide bonds. The fourth-order valence-corrected chi connectivity index (χ4v) is 3.76. The second kappa shape index (κ2) is 6.94. The highest BCUT2D eigenvalue weighted by Gasteiger charge is 2.34. The molecule has 1 unspecified atom stereocenters. The second-order valence-electron chi connectivity index (χ2n) is 5.31. The van der Waals surface area contributed by atoms with E-state index in [0.29, 0.717) is 22.7 Å². The third-order valence-electron chi connectivity index (χ3n) is 3.75. The van der Waals surface area contributed by atoms with Gasteiger partial charge in [0.2, 0.25) is 5.84 Å². The van der Waals surface area contributed by atoms with Crippen molar-refractivity contribution in [1.29, 1.82) is 0 Å². The minimum absolute atomic E-state index is 0.219. The molecule has 0 fully saturated rings. The van der Waals surface area contributed by atoms with E-state index in [0.717, 1.165) is 17.3 Å². The van der Waals surface area contributed by atoms with Gasteiger partial charge >= 0.3 is 5.97 Å². The minimum atomic E-state index is -0.655. The van der Waals surface area contributed by atoms with E-state index >= 15 is 0 Å². The van der Waals surface area contributed by atoms with Crippen LogP contribution < -0.4 is 10.3 Å². The summed E-state index contributed by atoms with van der Waals surface area (Å²) in [5.41, 5.74) is 1.55. The van der Waals surface area contributed by atoms with E-state index in [-0.39, 0.29) is 5.02 Å². The van der Waals surface area contributed by atoms with Gasteiger partial charge in [0.25, 0.3) is 5.04 Å². The first kappa shape index (κ1) is 17.0. The maximum Gasteiger partial charge on any atom is 0.338 e. The Morgan fingerprint density at radius 3 is 2.96 bits per heavy atom. The van der Waals surface area contributed by atoms with Crippen LogP contribution in [0, 0.1) is 5.82 Å². The zero-order valence-corrected chi connectivity index (χ0v) is 14.7. The number of aliphatic imine (C=N–C) groups is 1. The first-order valence-electron chi connectivity index (χ1n) is 7.34. The lowest BCUT2D eigenvalue weighted by Crippen LogP contribution is -2.72. The van der Waals surface area contributed by atoms with Gasteiger partial charge in [-0.1, -0.05) is 17.7 Å². The van der Waals surface area contributed by atoms with Gasteiger partial charge in [0.1, 0.15) is 11.9 Å². The van der Waals surface area contributed by atoms with Crippen LogP contribution in [0.25, 0.3) is 0 Å². The van der Waals surface area contributed by atoms with Crippen LogP contribution in [0.15, 0.2) is 34.5 Å². The number of nitrogens with one attached hydrogen (secondary N) is 2. The van der Waals surface area contributed by atoms with Crippen molar-refractivity contribution in [3.8, 4) is 0 Å². The number of carbonyl (C=O) groups excluding carboxylic acids is 1. The maximum atomic E-state index is 13.4. The molecule has 2 N–H and O–H groups in total. The van der Waals surface area contributed by atoms with Crippen molar-refractivity contribution in [3.63, 3.8) is 0 Å².